The van der Waals surface area contributed by atoms with Crippen molar-refractivity contribution in [1.82, 2.24) is 24.8 Å². The minimum Gasteiger partial charge on any atom is -0.305 e. The molecule has 0 saturated heterocycles. The van der Waals surface area contributed by atoms with Crippen LogP contribution in [0.15, 0.2) is 41.6 Å². The Hall–Kier alpha value is -3.00. The van der Waals surface area contributed by atoms with Crippen LogP contribution in [0.2, 0.25) is 0 Å². The second kappa shape index (κ2) is 7.32. The second-order valence-corrected chi connectivity index (χ2v) is 6.46. The number of halogens is 2. The maximum absolute atomic E-state index is 13.4. The lowest BCUT2D eigenvalue weighted by Crippen LogP contribution is -2.26. The van der Waals surface area contributed by atoms with Gasteiger partial charge in [-0.05, 0) is 24.1 Å². The fourth-order valence-corrected chi connectivity index (χ4v) is 3.25. The molecule has 2 aromatic heterocycles. The Labute approximate surface area is 153 Å². The summed E-state index contributed by atoms with van der Waals surface area (Å²) >= 11 is 0. The molecule has 0 bridgehead atoms. The molecule has 1 aliphatic heterocycles. The largest absolute Gasteiger partial charge is 0.305 e. The van der Waals surface area contributed by atoms with Crippen LogP contribution in [0.3, 0.4) is 0 Å². The van der Waals surface area contributed by atoms with E-state index >= 15 is 0 Å². The molecule has 1 aromatic carbocycles. The SMILES string of the molecule is O=c1[nH]c(-c2cnccn2)nc2c1CCN(Cc1ccc(F)c(F)c1)CC2. The van der Waals surface area contributed by atoms with Crippen LogP contribution >= 0.6 is 0 Å². The highest BCUT2D eigenvalue weighted by Crippen LogP contribution is 2.17. The van der Waals surface area contributed by atoms with Gasteiger partial charge >= 0.3 is 0 Å². The van der Waals surface area contributed by atoms with Crippen LogP contribution in [-0.2, 0) is 19.4 Å². The summed E-state index contributed by atoms with van der Waals surface area (Å²) in [6.45, 7) is 1.80. The van der Waals surface area contributed by atoms with E-state index in [1.807, 2.05) is 0 Å². The number of aromatic nitrogens is 4. The minimum atomic E-state index is -0.853. The summed E-state index contributed by atoms with van der Waals surface area (Å²) in [5, 5.41) is 0. The summed E-state index contributed by atoms with van der Waals surface area (Å²) in [4.78, 5) is 30.1. The molecule has 0 radical (unpaired) electrons. The maximum Gasteiger partial charge on any atom is 0.254 e. The molecule has 8 heteroatoms. The highest BCUT2D eigenvalue weighted by atomic mass is 19.2. The van der Waals surface area contributed by atoms with Crippen LogP contribution < -0.4 is 5.56 Å². The van der Waals surface area contributed by atoms with Crippen LogP contribution in [-0.4, -0.2) is 37.9 Å². The molecular weight excluding hydrogens is 352 g/mol. The quantitative estimate of drug-likeness (QED) is 0.765. The molecule has 3 aromatic rings. The van der Waals surface area contributed by atoms with Crippen molar-refractivity contribution in [1.29, 1.82) is 0 Å². The van der Waals surface area contributed by atoms with Crippen molar-refractivity contribution in [3.05, 3.63) is 75.6 Å². The lowest BCUT2D eigenvalue weighted by Gasteiger charge is -2.19. The van der Waals surface area contributed by atoms with Crippen LogP contribution in [0.5, 0.6) is 0 Å². The van der Waals surface area contributed by atoms with Gasteiger partial charge in [0.15, 0.2) is 17.5 Å². The van der Waals surface area contributed by atoms with Gasteiger partial charge in [-0.3, -0.25) is 14.7 Å². The van der Waals surface area contributed by atoms with E-state index in [0.29, 0.717) is 55.1 Å². The predicted molar refractivity (Wildman–Crippen MR) is 94.9 cm³/mol. The van der Waals surface area contributed by atoms with E-state index in [0.717, 1.165) is 11.8 Å². The zero-order valence-corrected chi connectivity index (χ0v) is 14.5. The summed E-state index contributed by atoms with van der Waals surface area (Å²) in [5.41, 5.74) is 2.44. The summed E-state index contributed by atoms with van der Waals surface area (Å²) < 4.78 is 26.5. The van der Waals surface area contributed by atoms with Gasteiger partial charge < -0.3 is 4.98 Å². The van der Waals surface area contributed by atoms with Gasteiger partial charge in [0.2, 0.25) is 0 Å². The molecule has 0 spiro atoms. The third-order valence-electron chi connectivity index (χ3n) is 4.64. The molecule has 0 fully saturated rings. The number of rotatable bonds is 3. The third-order valence-corrected chi connectivity index (χ3v) is 4.64. The molecular formula is C19H17F2N5O. The molecule has 4 rings (SSSR count). The number of aromatic amines is 1. The Kier molecular flexibility index (Phi) is 4.72. The average Bonchev–Trinajstić information content (AvgIpc) is 2.88. The molecule has 0 aliphatic carbocycles. The van der Waals surface area contributed by atoms with E-state index in [4.69, 9.17) is 0 Å². The fraction of sp³-hybridized carbons (Fsp3) is 0.263. The Morgan fingerprint density at radius 1 is 1.11 bits per heavy atom. The van der Waals surface area contributed by atoms with Gasteiger partial charge in [-0.1, -0.05) is 6.07 Å². The molecule has 27 heavy (non-hydrogen) atoms. The minimum absolute atomic E-state index is 0.171. The van der Waals surface area contributed by atoms with Gasteiger partial charge in [0.1, 0.15) is 5.69 Å². The van der Waals surface area contributed by atoms with Crippen molar-refractivity contribution in [3.63, 3.8) is 0 Å². The molecule has 0 saturated carbocycles. The van der Waals surface area contributed by atoms with Crippen LogP contribution in [0.25, 0.3) is 11.5 Å². The van der Waals surface area contributed by atoms with Crippen molar-refractivity contribution in [2.75, 3.05) is 13.1 Å². The van der Waals surface area contributed by atoms with Crippen molar-refractivity contribution in [2.45, 2.75) is 19.4 Å². The topological polar surface area (TPSA) is 74.8 Å². The highest BCUT2D eigenvalue weighted by molar-refractivity contribution is 5.47. The summed E-state index contributed by atoms with van der Waals surface area (Å²) in [5.74, 6) is -1.30. The van der Waals surface area contributed by atoms with Crippen molar-refractivity contribution in [2.24, 2.45) is 0 Å². The lowest BCUT2D eigenvalue weighted by molar-refractivity contribution is 0.278. The number of hydrogen-bond acceptors (Lipinski definition) is 5. The Morgan fingerprint density at radius 3 is 2.74 bits per heavy atom. The van der Waals surface area contributed by atoms with E-state index in [1.165, 1.54) is 6.07 Å². The van der Waals surface area contributed by atoms with E-state index in [1.54, 1.807) is 24.7 Å². The summed E-state index contributed by atoms with van der Waals surface area (Å²) in [6.07, 6.45) is 5.79. The molecule has 6 nitrogen and oxygen atoms in total. The Bertz CT molecular complexity index is 1020. The number of fused-ring (bicyclic) bond motifs is 1. The fourth-order valence-electron chi connectivity index (χ4n) is 3.25. The Morgan fingerprint density at radius 2 is 1.96 bits per heavy atom. The monoisotopic (exact) mass is 369 g/mol. The summed E-state index contributed by atoms with van der Waals surface area (Å²) in [6, 6.07) is 3.93. The standard InChI is InChI=1S/C19H17F2N5O/c20-14-2-1-12(9-15(14)21)11-26-7-3-13-16(4-8-26)24-18(25-19(13)27)17-10-22-5-6-23-17/h1-2,5-6,9-10H,3-4,7-8,11H2,(H,24,25,27). The van der Waals surface area contributed by atoms with E-state index in [2.05, 4.69) is 24.8 Å². The van der Waals surface area contributed by atoms with Gasteiger partial charge in [-0.15, -0.1) is 0 Å². The predicted octanol–water partition coefficient (Wildman–Crippen LogP) is 2.11. The molecule has 1 aliphatic rings. The molecule has 138 valence electrons. The van der Waals surface area contributed by atoms with Crippen LogP contribution in [0, 0.1) is 11.6 Å². The second-order valence-electron chi connectivity index (χ2n) is 6.46. The first-order valence-corrected chi connectivity index (χ1v) is 8.65. The van der Waals surface area contributed by atoms with Crippen molar-refractivity contribution in [3.8, 4) is 11.5 Å². The van der Waals surface area contributed by atoms with Crippen LogP contribution in [0.4, 0.5) is 8.78 Å². The van der Waals surface area contributed by atoms with Gasteiger partial charge in [0.05, 0.1) is 11.9 Å². The van der Waals surface area contributed by atoms with E-state index in [9.17, 15) is 13.6 Å². The average molecular weight is 369 g/mol. The normalized spacial score (nSPS) is 14.6. The number of nitrogens with one attached hydrogen (secondary N) is 1. The summed E-state index contributed by atoms with van der Waals surface area (Å²) in [7, 11) is 0. The smallest absolute Gasteiger partial charge is 0.254 e. The molecule has 0 amide bonds. The highest BCUT2D eigenvalue weighted by Gasteiger charge is 2.20. The van der Waals surface area contributed by atoms with E-state index in [-0.39, 0.29) is 5.56 Å². The van der Waals surface area contributed by atoms with E-state index < -0.39 is 11.6 Å². The number of H-pyrrole nitrogens is 1. The Balaban J connectivity index is 1.55. The molecule has 3 heterocycles. The third kappa shape index (κ3) is 3.75. The molecule has 1 N–H and O–H groups in total. The number of nitrogens with zero attached hydrogens (tertiary/aromatic N) is 4. The zero-order valence-electron chi connectivity index (χ0n) is 14.5. The first kappa shape index (κ1) is 17.4. The van der Waals surface area contributed by atoms with Crippen molar-refractivity contribution < 1.29 is 8.78 Å². The first-order valence-electron chi connectivity index (χ1n) is 8.65. The molecule has 0 atom stereocenters. The maximum atomic E-state index is 13.4. The number of benzene rings is 1. The molecule has 0 unspecified atom stereocenters. The van der Waals surface area contributed by atoms with Crippen molar-refractivity contribution >= 4 is 0 Å². The van der Waals surface area contributed by atoms with Gasteiger partial charge in [-0.2, -0.15) is 0 Å². The van der Waals surface area contributed by atoms with Gasteiger partial charge in [0.25, 0.3) is 5.56 Å². The zero-order chi connectivity index (χ0) is 18.8. The van der Waals surface area contributed by atoms with Gasteiger partial charge in [-0.25, -0.2) is 18.7 Å². The van der Waals surface area contributed by atoms with Crippen LogP contribution in [0.1, 0.15) is 16.8 Å². The first-order chi connectivity index (χ1) is 13.1. The van der Waals surface area contributed by atoms with Gasteiger partial charge in [0, 0.05) is 44.0 Å². The number of hydrogen-bond donors (Lipinski definition) is 1. The lowest BCUT2D eigenvalue weighted by atomic mass is 10.1.